The number of nitrogens with zero attached hydrogens (tertiary/aromatic N) is 4. The van der Waals surface area contributed by atoms with Crippen LogP contribution in [0.1, 0.15) is 46.1 Å². The van der Waals surface area contributed by atoms with Gasteiger partial charge >= 0.3 is 12.1 Å². The molecule has 7 N–H and O–H groups in total. The molecule has 4 bridgehead atoms. The van der Waals surface area contributed by atoms with E-state index in [-0.39, 0.29) is 39.6 Å². The quantitative estimate of drug-likeness (QED) is 0.152. The predicted molar refractivity (Wildman–Crippen MR) is 155 cm³/mol. The van der Waals surface area contributed by atoms with Gasteiger partial charge < -0.3 is 21.3 Å². The number of rotatable bonds is 11. The van der Waals surface area contributed by atoms with Crippen molar-refractivity contribution in [3.63, 3.8) is 0 Å². The van der Waals surface area contributed by atoms with Crippen LogP contribution < -0.4 is 22.4 Å². The minimum Gasteiger partial charge on any atom is -0.368 e. The Labute approximate surface area is 260 Å². The third kappa shape index (κ3) is 9.00. The van der Waals surface area contributed by atoms with Gasteiger partial charge in [0.15, 0.2) is 13.2 Å². The molecule has 4 atom stereocenters. The Hall–Kier alpha value is -4.52. The van der Waals surface area contributed by atoms with E-state index in [4.69, 9.17) is 21.1 Å². The standard InChI is InChI=1S/C16H20N4O5.C9H14N4O5.2CH4/c17-14(21)10-24-18-15(22)13-7-6-12-8-19(13)16(23)20(12)25-9-11-4-2-1-3-5-11;10-7(14)4-18-11-8(15)6-2-1-5-3-12(6)9(16)13(5)17;;/h1-5,12-13H,6-10H2,(H2,17,21)(H,18,22);5-6,17H,1-4H2,(H2,10,14)(H,11,15);2*1H4/t12-,13+;5-,6+;;/m11../s1. The Bertz CT molecular complexity index is 1220. The topological polar surface area (TPSA) is 239 Å². The smallest absolute Gasteiger partial charge is 0.345 e. The monoisotopic (exact) mass is 638 g/mol. The second kappa shape index (κ2) is 16.5. The van der Waals surface area contributed by atoms with Crippen molar-refractivity contribution in [2.45, 2.75) is 71.3 Å². The van der Waals surface area contributed by atoms with Gasteiger partial charge in [0, 0.05) is 13.1 Å². The Morgan fingerprint density at radius 2 is 1.27 bits per heavy atom. The van der Waals surface area contributed by atoms with Crippen molar-refractivity contribution in [1.82, 2.24) is 30.9 Å². The number of benzene rings is 1. The average Bonchev–Trinajstić information content (AvgIpc) is 3.35. The molecule has 4 heterocycles. The Kier molecular flexibility index (Phi) is 13.5. The summed E-state index contributed by atoms with van der Waals surface area (Å²) in [4.78, 5) is 86.8. The first-order valence-electron chi connectivity index (χ1n) is 13.5. The molecular formula is C27H42N8O10. The lowest BCUT2D eigenvalue weighted by Crippen LogP contribution is -2.50. The van der Waals surface area contributed by atoms with E-state index < -0.39 is 55.0 Å². The van der Waals surface area contributed by atoms with Crippen LogP contribution in [0.15, 0.2) is 30.3 Å². The number of carbonyl (C=O) groups excluding carboxylic acids is 6. The molecule has 0 aliphatic carbocycles. The van der Waals surface area contributed by atoms with E-state index in [0.29, 0.717) is 43.8 Å². The summed E-state index contributed by atoms with van der Waals surface area (Å²) in [7, 11) is 0. The SMILES string of the molecule is C.C.NC(=O)CONC(=O)[C@@H]1CC[C@@H]2CN1C(=O)N2O.NC(=O)CONC(=O)[C@@H]1CC[C@@H]2CN1C(=O)N2OCc1ccccc1. The van der Waals surface area contributed by atoms with E-state index in [1.54, 1.807) is 0 Å². The first kappa shape index (κ1) is 36.7. The molecule has 45 heavy (non-hydrogen) atoms. The van der Waals surface area contributed by atoms with Crippen molar-refractivity contribution in [3.05, 3.63) is 35.9 Å². The lowest BCUT2D eigenvalue weighted by atomic mass is 10.0. The van der Waals surface area contributed by atoms with Gasteiger partial charge in [-0.3, -0.25) is 38.9 Å². The summed E-state index contributed by atoms with van der Waals surface area (Å²) < 4.78 is 0. The highest BCUT2D eigenvalue weighted by Crippen LogP contribution is 2.31. The molecule has 5 rings (SSSR count). The molecule has 8 amide bonds. The normalized spacial score (nSPS) is 22.9. The molecule has 4 fully saturated rings. The second-order valence-corrected chi connectivity index (χ2v) is 10.2. The van der Waals surface area contributed by atoms with Crippen LogP contribution in [-0.2, 0) is 40.3 Å². The van der Waals surface area contributed by atoms with Gasteiger partial charge in [-0.2, -0.15) is 5.06 Å². The van der Waals surface area contributed by atoms with E-state index >= 15 is 0 Å². The third-order valence-corrected chi connectivity index (χ3v) is 7.26. The minimum absolute atomic E-state index is 0. The molecule has 1 aromatic carbocycles. The Balaban J connectivity index is 0.000000315. The van der Waals surface area contributed by atoms with Crippen LogP contribution in [0.2, 0.25) is 0 Å². The van der Waals surface area contributed by atoms with Gasteiger partial charge in [-0.15, -0.1) is 0 Å². The number of nitrogens with two attached hydrogens (primary N) is 2. The molecule has 0 aromatic heterocycles. The summed E-state index contributed by atoms with van der Waals surface area (Å²) in [6.45, 7) is 0.169. The molecule has 4 aliphatic rings. The summed E-state index contributed by atoms with van der Waals surface area (Å²) in [6.07, 6.45) is 2.10. The van der Waals surface area contributed by atoms with Gasteiger partial charge in [0.2, 0.25) is 11.8 Å². The maximum Gasteiger partial charge on any atom is 0.345 e. The average molecular weight is 639 g/mol. The summed E-state index contributed by atoms with van der Waals surface area (Å²) in [6, 6.07) is 6.94. The second-order valence-electron chi connectivity index (χ2n) is 10.2. The van der Waals surface area contributed by atoms with E-state index in [1.807, 2.05) is 30.3 Å². The van der Waals surface area contributed by atoms with Crippen molar-refractivity contribution >= 4 is 35.7 Å². The third-order valence-electron chi connectivity index (χ3n) is 7.26. The number of fused-ring (bicyclic) bond motifs is 4. The highest BCUT2D eigenvalue weighted by molar-refractivity contribution is 5.89. The number of hydrogen-bond donors (Lipinski definition) is 5. The molecule has 18 heteroatoms. The zero-order chi connectivity index (χ0) is 31.1. The van der Waals surface area contributed by atoms with Crippen molar-refractivity contribution in [2.75, 3.05) is 26.3 Å². The molecule has 0 saturated carbocycles. The molecule has 4 saturated heterocycles. The fourth-order valence-corrected chi connectivity index (χ4v) is 5.20. The van der Waals surface area contributed by atoms with Crippen molar-refractivity contribution < 1.29 is 48.5 Å². The van der Waals surface area contributed by atoms with Crippen LogP contribution in [0, 0.1) is 0 Å². The number of hydroxylamine groups is 6. The van der Waals surface area contributed by atoms with Crippen LogP contribution in [0.3, 0.4) is 0 Å². The summed E-state index contributed by atoms with van der Waals surface area (Å²) in [5, 5.41) is 11.4. The molecule has 250 valence electrons. The lowest BCUT2D eigenvalue weighted by Gasteiger charge is -2.28. The number of amides is 8. The maximum atomic E-state index is 12.5. The minimum atomic E-state index is -0.710. The predicted octanol–water partition coefficient (Wildman–Crippen LogP) is -0.631. The molecule has 1 aromatic rings. The van der Waals surface area contributed by atoms with Crippen LogP contribution >= 0.6 is 0 Å². The highest BCUT2D eigenvalue weighted by Gasteiger charge is 2.48. The van der Waals surface area contributed by atoms with E-state index in [1.165, 1.54) is 14.9 Å². The van der Waals surface area contributed by atoms with Crippen molar-refractivity contribution in [2.24, 2.45) is 11.5 Å². The Morgan fingerprint density at radius 1 is 0.778 bits per heavy atom. The van der Waals surface area contributed by atoms with E-state index in [2.05, 4.69) is 15.8 Å². The number of primary amides is 2. The first-order chi connectivity index (χ1) is 20.6. The van der Waals surface area contributed by atoms with Crippen LogP contribution in [-0.4, -0.2) is 111 Å². The molecule has 0 radical (unpaired) electrons. The summed E-state index contributed by atoms with van der Waals surface area (Å²) in [5.74, 6) is -2.41. The Morgan fingerprint density at radius 3 is 1.80 bits per heavy atom. The van der Waals surface area contributed by atoms with Gasteiger partial charge in [-0.05, 0) is 31.2 Å². The molecule has 4 aliphatic heterocycles. The fourth-order valence-electron chi connectivity index (χ4n) is 5.20. The highest BCUT2D eigenvalue weighted by atomic mass is 16.7. The van der Waals surface area contributed by atoms with Crippen molar-refractivity contribution in [3.8, 4) is 0 Å². The van der Waals surface area contributed by atoms with Gasteiger partial charge in [0.1, 0.15) is 18.7 Å². The molecular weight excluding hydrogens is 596 g/mol. The fraction of sp³-hybridized carbons (Fsp3) is 0.556. The zero-order valence-electron chi connectivity index (χ0n) is 23.1. The first-order valence-corrected chi connectivity index (χ1v) is 13.5. The largest absolute Gasteiger partial charge is 0.368 e. The van der Waals surface area contributed by atoms with Crippen LogP contribution in [0.4, 0.5) is 9.59 Å². The number of carbonyl (C=O) groups is 6. The summed E-state index contributed by atoms with van der Waals surface area (Å²) >= 11 is 0. The molecule has 18 nitrogen and oxygen atoms in total. The number of urea groups is 2. The van der Waals surface area contributed by atoms with E-state index in [9.17, 15) is 34.0 Å². The molecule has 0 unspecified atom stereocenters. The van der Waals surface area contributed by atoms with Crippen LogP contribution in [0.5, 0.6) is 0 Å². The number of nitrogens with one attached hydrogen (secondary N) is 2. The lowest BCUT2D eigenvalue weighted by molar-refractivity contribution is -0.143. The van der Waals surface area contributed by atoms with Crippen LogP contribution in [0.25, 0.3) is 0 Å². The van der Waals surface area contributed by atoms with Crippen molar-refractivity contribution in [1.29, 1.82) is 0 Å². The van der Waals surface area contributed by atoms with E-state index in [0.717, 1.165) is 5.56 Å². The van der Waals surface area contributed by atoms with Gasteiger partial charge in [-0.25, -0.2) is 25.6 Å². The number of hydrogen-bond acceptors (Lipinski definition) is 10. The summed E-state index contributed by atoms with van der Waals surface area (Å²) in [5.41, 5.74) is 15.0. The zero-order valence-corrected chi connectivity index (χ0v) is 23.1. The maximum absolute atomic E-state index is 12.5. The molecule has 0 spiro atoms. The van der Waals surface area contributed by atoms with Gasteiger partial charge in [0.05, 0.1) is 12.1 Å². The van der Waals surface area contributed by atoms with Gasteiger partial charge in [-0.1, -0.05) is 45.2 Å². The van der Waals surface area contributed by atoms with Gasteiger partial charge in [0.25, 0.3) is 11.8 Å². The number of piperidine rings is 2.